The molecule has 1 N–H and O–H groups in total. The zero-order valence-corrected chi connectivity index (χ0v) is 13.6. The summed E-state index contributed by atoms with van der Waals surface area (Å²) in [6.45, 7) is 3.03. The molecule has 0 aliphatic carbocycles. The molecule has 0 atom stereocenters. The molecule has 0 aliphatic rings. The summed E-state index contributed by atoms with van der Waals surface area (Å²) < 4.78 is 1.94. The van der Waals surface area contributed by atoms with Crippen LogP contribution in [0.4, 0.5) is 5.82 Å². The molecule has 0 saturated heterocycles. The van der Waals surface area contributed by atoms with Gasteiger partial charge in [-0.1, -0.05) is 6.92 Å². The van der Waals surface area contributed by atoms with Gasteiger partial charge in [-0.2, -0.15) is 0 Å². The Morgan fingerprint density at radius 1 is 1.33 bits per heavy atom. The topological polar surface area (TPSA) is 50.7 Å². The van der Waals surface area contributed by atoms with E-state index in [1.807, 2.05) is 12.3 Å². The Balaban J connectivity index is 2.34. The summed E-state index contributed by atoms with van der Waals surface area (Å²) >= 11 is 5.63. The van der Waals surface area contributed by atoms with Crippen LogP contribution in [0.1, 0.15) is 13.3 Å². The molecule has 2 rings (SSSR count). The van der Waals surface area contributed by atoms with Crippen molar-refractivity contribution < 1.29 is 0 Å². The fourth-order valence-corrected chi connectivity index (χ4v) is 2.22. The standard InChI is InChI=1S/C12H12BrIN4/c1-2-3-16-12-10(14)7-17-11(18-12)8-4-9(13)6-15-5-8/h4-7H,2-3H2,1H3,(H,16,17,18). The largest absolute Gasteiger partial charge is 0.369 e. The van der Waals surface area contributed by atoms with E-state index in [0.717, 1.165) is 32.4 Å². The lowest BCUT2D eigenvalue weighted by molar-refractivity contribution is 0.963. The van der Waals surface area contributed by atoms with Crippen LogP contribution in [-0.4, -0.2) is 21.5 Å². The lowest BCUT2D eigenvalue weighted by Gasteiger charge is -2.08. The Kier molecular flexibility index (Phi) is 4.87. The van der Waals surface area contributed by atoms with Gasteiger partial charge in [-0.25, -0.2) is 9.97 Å². The molecular formula is C12H12BrIN4. The van der Waals surface area contributed by atoms with E-state index in [9.17, 15) is 0 Å². The summed E-state index contributed by atoms with van der Waals surface area (Å²) in [7, 11) is 0. The first-order chi connectivity index (χ1) is 8.70. The second kappa shape index (κ2) is 6.42. The van der Waals surface area contributed by atoms with Crippen molar-refractivity contribution in [2.45, 2.75) is 13.3 Å². The highest BCUT2D eigenvalue weighted by atomic mass is 127. The number of hydrogen-bond donors (Lipinski definition) is 1. The van der Waals surface area contributed by atoms with Gasteiger partial charge in [-0.15, -0.1) is 0 Å². The average molecular weight is 419 g/mol. The molecule has 2 heterocycles. The summed E-state index contributed by atoms with van der Waals surface area (Å²) in [5, 5.41) is 3.30. The van der Waals surface area contributed by atoms with Crippen LogP contribution in [0.2, 0.25) is 0 Å². The van der Waals surface area contributed by atoms with Gasteiger partial charge in [-0.3, -0.25) is 4.98 Å². The second-order valence-electron chi connectivity index (χ2n) is 3.71. The minimum absolute atomic E-state index is 0.683. The average Bonchev–Trinajstić information content (AvgIpc) is 2.38. The molecule has 2 aromatic rings. The smallest absolute Gasteiger partial charge is 0.163 e. The molecule has 4 nitrogen and oxygen atoms in total. The second-order valence-corrected chi connectivity index (χ2v) is 5.79. The minimum atomic E-state index is 0.683. The molecule has 0 unspecified atom stereocenters. The number of pyridine rings is 1. The molecule has 18 heavy (non-hydrogen) atoms. The van der Waals surface area contributed by atoms with Crippen molar-refractivity contribution in [1.82, 2.24) is 15.0 Å². The first-order valence-corrected chi connectivity index (χ1v) is 7.45. The van der Waals surface area contributed by atoms with Crippen LogP contribution in [-0.2, 0) is 0 Å². The Bertz CT molecular complexity index is 547. The molecule has 0 amide bonds. The molecule has 2 aromatic heterocycles. The molecule has 0 bridgehead atoms. The number of hydrogen-bond acceptors (Lipinski definition) is 4. The number of aromatic nitrogens is 3. The van der Waals surface area contributed by atoms with E-state index in [1.54, 1.807) is 12.4 Å². The highest BCUT2D eigenvalue weighted by Crippen LogP contribution is 2.22. The zero-order chi connectivity index (χ0) is 13.0. The fourth-order valence-electron chi connectivity index (χ4n) is 1.41. The van der Waals surface area contributed by atoms with Gasteiger partial charge in [0.25, 0.3) is 0 Å². The Morgan fingerprint density at radius 3 is 2.89 bits per heavy atom. The third-order valence-electron chi connectivity index (χ3n) is 2.25. The van der Waals surface area contributed by atoms with E-state index in [0.29, 0.717) is 5.82 Å². The van der Waals surface area contributed by atoms with Crippen LogP contribution in [0.25, 0.3) is 11.4 Å². The lowest BCUT2D eigenvalue weighted by Crippen LogP contribution is -2.05. The van der Waals surface area contributed by atoms with Gasteiger partial charge >= 0.3 is 0 Å². The van der Waals surface area contributed by atoms with Gasteiger partial charge in [0, 0.05) is 35.2 Å². The van der Waals surface area contributed by atoms with Gasteiger partial charge < -0.3 is 5.32 Å². The number of anilines is 1. The molecule has 6 heteroatoms. The molecular weight excluding hydrogens is 407 g/mol. The fraction of sp³-hybridized carbons (Fsp3) is 0.250. The van der Waals surface area contributed by atoms with Gasteiger partial charge in [0.15, 0.2) is 5.82 Å². The third kappa shape index (κ3) is 3.38. The SMILES string of the molecule is CCCNc1nc(-c2cncc(Br)c2)ncc1I. The predicted octanol–water partition coefficient (Wildman–Crippen LogP) is 3.73. The third-order valence-corrected chi connectivity index (χ3v) is 3.47. The summed E-state index contributed by atoms with van der Waals surface area (Å²) in [6, 6.07) is 1.96. The van der Waals surface area contributed by atoms with Crippen molar-refractivity contribution in [1.29, 1.82) is 0 Å². The Hall–Kier alpha value is -0.760. The molecule has 0 radical (unpaired) electrons. The van der Waals surface area contributed by atoms with Crippen LogP contribution in [0.5, 0.6) is 0 Å². The van der Waals surface area contributed by atoms with Crippen LogP contribution in [0.15, 0.2) is 29.1 Å². The van der Waals surface area contributed by atoms with Gasteiger partial charge in [0.1, 0.15) is 5.82 Å². The summed E-state index contributed by atoms with van der Waals surface area (Å²) in [6.07, 6.45) is 6.39. The van der Waals surface area contributed by atoms with E-state index < -0.39 is 0 Å². The van der Waals surface area contributed by atoms with Crippen molar-refractivity contribution in [2.24, 2.45) is 0 Å². The van der Waals surface area contributed by atoms with E-state index >= 15 is 0 Å². The molecule has 0 fully saturated rings. The molecule has 94 valence electrons. The van der Waals surface area contributed by atoms with Crippen molar-refractivity contribution in [2.75, 3.05) is 11.9 Å². The van der Waals surface area contributed by atoms with Crippen LogP contribution >= 0.6 is 38.5 Å². The quantitative estimate of drug-likeness (QED) is 0.768. The van der Waals surface area contributed by atoms with E-state index in [1.165, 1.54) is 0 Å². The lowest BCUT2D eigenvalue weighted by atomic mass is 10.2. The number of halogens is 2. The molecule has 0 aromatic carbocycles. The number of nitrogens with one attached hydrogen (secondary N) is 1. The van der Waals surface area contributed by atoms with Gasteiger partial charge in [-0.05, 0) is 51.0 Å². The van der Waals surface area contributed by atoms with E-state index in [2.05, 4.69) is 65.7 Å². The maximum absolute atomic E-state index is 4.53. The molecule has 0 spiro atoms. The summed E-state index contributed by atoms with van der Waals surface area (Å²) in [5.74, 6) is 1.56. The van der Waals surface area contributed by atoms with Gasteiger partial charge in [0.2, 0.25) is 0 Å². The molecule has 0 aliphatic heterocycles. The van der Waals surface area contributed by atoms with E-state index in [-0.39, 0.29) is 0 Å². The number of rotatable bonds is 4. The highest BCUT2D eigenvalue weighted by molar-refractivity contribution is 14.1. The normalized spacial score (nSPS) is 10.4. The summed E-state index contributed by atoms with van der Waals surface area (Å²) in [4.78, 5) is 13.0. The first-order valence-electron chi connectivity index (χ1n) is 5.58. The van der Waals surface area contributed by atoms with Crippen LogP contribution in [0, 0.1) is 3.57 Å². The number of nitrogens with zero attached hydrogens (tertiary/aromatic N) is 3. The van der Waals surface area contributed by atoms with Crippen LogP contribution < -0.4 is 5.32 Å². The molecule has 0 saturated carbocycles. The first kappa shape index (κ1) is 13.7. The summed E-state index contributed by atoms with van der Waals surface area (Å²) in [5.41, 5.74) is 0.903. The maximum Gasteiger partial charge on any atom is 0.163 e. The van der Waals surface area contributed by atoms with Gasteiger partial charge in [0.05, 0.1) is 3.57 Å². The maximum atomic E-state index is 4.53. The van der Waals surface area contributed by atoms with Crippen LogP contribution in [0.3, 0.4) is 0 Å². The van der Waals surface area contributed by atoms with Crippen molar-refractivity contribution in [3.63, 3.8) is 0 Å². The zero-order valence-electron chi connectivity index (χ0n) is 9.82. The van der Waals surface area contributed by atoms with Crippen molar-refractivity contribution in [3.8, 4) is 11.4 Å². The van der Waals surface area contributed by atoms with Crippen molar-refractivity contribution in [3.05, 3.63) is 32.7 Å². The van der Waals surface area contributed by atoms with E-state index in [4.69, 9.17) is 0 Å². The Morgan fingerprint density at radius 2 is 2.17 bits per heavy atom. The minimum Gasteiger partial charge on any atom is -0.369 e. The Labute approximate surface area is 128 Å². The monoisotopic (exact) mass is 418 g/mol. The predicted molar refractivity (Wildman–Crippen MR) is 84.5 cm³/mol. The van der Waals surface area contributed by atoms with Crippen molar-refractivity contribution >= 4 is 44.3 Å². The highest BCUT2D eigenvalue weighted by Gasteiger charge is 2.07.